The van der Waals surface area contributed by atoms with Crippen molar-refractivity contribution in [1.29, 1.82) is 0 Å². The van der Waals surface area contributed by atoms with Crippen molar-refractivity contribution >= 4 is 16.9 Å². The third-order valence-corrected chi connectivity index (χ3v) is 4.33. The number of rotatable bonds is 6. The molecule has 1 amide bonds. The van der Waals surface area contributed by atoms with Gasteiger partial charge in [-0.05, 0) is 23.8 Å². The van der Waals surface area contributed by atoms with E-state index in [4.69, 9.17) is 9.15 Å². The molecule has 0 N–H and O–H groups in total. The minimum atomic E-state index is -0.00899. The van der Waals surface area contributed by atoms with E-state index in [9.17, 15) is 4.79 Å². The lowest BCUT2D eigenvalue weighted by Gasteiger charge is -2.18. The number of amides is 1. The number of methoxy groups -OCH3 is 1. The molecule has 0 aliphatic heterocycles. The molecule has 0 fully saturated rings. The van der Waals surface area contributed by atoms with Crippen molar-refractivity contribution < 1.29 is 13.9 Å². The van der Waals surface area contributed by atoms with Gasteiger partial charge in [-0.2, -0.15) is 0 Å². The Morgan fingerprint density at radius 3 is 2.72 bits per heavy atom. The maximum Gasteiger partial charge on any atom is 0.253 e. The monoisotopic (exact) mass is 337 g/mol. The number of carbonyl (C=O) groups excluding carboxylic acids is 1. The van der Waals surface area contributed by atoms with Crippen LogP contribution in [0.15, 0.2) is 52.9 Å². The maximum atomic E-state index is 12.8. The number of aryl methyl sites for hydroxylation is 1. The molecule has 0 aliphatic rings. The molecule has 0 bridgehead atoms. The normalized spacial score (nSPS) is 11.0. The van der Waals surface area contributed by atoms with E-state index in [1.165, 1.54) is 0 Å². The van der Waals surface area contributed by atoms with Crippen molar-refractivity contribution in [2.45, 2.75) is 26.5 Å². The van der Waals surface area contributed by atoms with Crippen molar-refractivity contribution in [3.8, 4) is 0 Å². The van der Waals surface area contributed by atoms with Crippen LogP contribution < -0.4 is 0 Å². The predicted octanol–water partition coefficient (Wildman–Crippen LogP) is 4.41. The van der Waals surface area contributed by atoms with Crippen molar-refractivity contribution in [2.24, 2.45) is 0 Å². The van der Waals surface area contributed by atoms with Crippen molar-refractivity contribution in [1.82, 2.24) is 4.90 Å². The Morgan fingerprint density at radius 2 is 1.96 bits per heavy atom. The van der Waals surface area contributed by atoms with Gasteiger partial charge in [-0.25, -0.2) is 0 Å². The van der Waals surface area contributed by atoms with Crippen LogP contribution in [0, 0.1) is 0 Å². The van der Waals surface area contributed by atoms with Gasteiger partial charge in [0.25, 0.3) is 5.91 Å². The van der Waals surface area contributed by atoms with Crippen LogP contribution >= 0.6 is 0 Å². The quantitative estimate of drug-likeness (QED) is 0.669. The molecule has 4 heteroatoms. The molecular weight excluding hydrogens is 314 g/mol. The zero-order valence-corrected chi connectivity index (χ0v) is 14.9. The molecule has 25 heavy (non-hydrogen) atoms. The summed E-state index contributed by atoms with van der Waals surface area (Å²) >= 11 is 0. The third kappa shape index (κ3) is 3.59. The van der Waals surface area contributed by atoms with E-state index < -0.39 is 0 Å². The highest BCUT2D eigenvalue weighted by Gasteiger charge is 2.18. The van der Waals surface area contributed by atoms with Gasteiger partial charge < -0.3 is 14.1 Å². The van der Waals surface area contributed by atoms with Gasteiger partial charge in [0.1, 0.15) is 11.3 Å². The van der Waals surface area contributed by atoms with Gasteiger partial charge >= 0.3 is 0 Å². The van der Waals surface area contributed by atoms with Crippen molar-refractivity contribution in [3.63, 3.8) is 0 Å². The molecule has 0 unspecified atom stereocenters. The molecule has 0 saturated heterocycles. The van der Waals surface area contributed by atoms with E-state index in [1.807, 2.05) is 55.6 Å². The number of hydrogen-bond donors (Lipinski definition) is 0. The first-order chi connectivity index (χ1) is 12.1. The van der Waals surface area contributed by atoms with Gasteiger partial charge in [0.15, 0.2) is 0 Å². The highest BCUT2D eigenvalue weighted by Crippen LogP contribution is 2.27. The summed E-state index contributed by atoms with van der Waals surface area (Å²) in [6.07, 6.45) is 0.801. The molecule has 0 saturated carbocycles. The lowest BCUT2D eigenvalue weighted by Crippen LogP contribution is -2.26. The minimum absolute atomic E-state index is 0.00899. The molecule has 130 valence electrons. The van der Waals surface area contributed by atoms with Crippen LogP contribution in [-0.2, 0) is 24.3 Å². The molecular formula is C21H23NO3. The Morgan fingerprint density at radius 1 is 1.16 bits per heavy atom. The van der Waals surface area contributed by atoms with Gasteiger partial charge in [-0.1, -0.05) is 37.3 Å². The highest BCUT2D eigenvalue weighted by molar-refractivity contribution is 5.94. The molecule has 0 atom stereocenters. The summed E-state index contributed by atoms with van der Waals surface area (Å²) in [4.78, 5) is 14.6. The van der Waals surface area contributed by atoms with Gasteiger partial charge in [-0.15, -0.1) is 0 Å². The summed E-state index contributed by atoms with van der Waals surface area (Å²) in [7, 11) is 3.48. The maximum absolute atomic E-state index is 12.8. The van der Waals surface area contributed by atoms with Crippen LogP contribution in [-0.4, -0.2) is 25.0 Å². The first-order valence-electron chi connectivity index (χ1n) is 8.46. The Labute approximate surface area is 148 Å². The molecule has 3 rings (SSSR count). The van der Waals surface area contributed by atoms with Gasteiger partial charge in [0, 0.05) is 43.6 Å². The van der Waals surface area contributed by atoms with Gasteiger partial charge in [-0.3, -0.25) is 4.79 Å². The lowest BCUT2D eigenvalue weighted by atomic mass is 10.1. The summed E-state index contributed by atoms with van der Waals surface area (Å²) in [5, 5.41) is 1.08. The Balaban J connectivity index is 1.86. The standard InChI is InChI=1S/C21H23NO3/c1-4-19-18(17-10-5-6-11-20(17)25-19)13-22(2)21(23)16-9-7-8-15(12-16)14-24-3/h5-12H,4,13-14H2,1-3H3. The fourth-order valence-corrected chi connectivity index (χ4v) is 3.10. The van der Waals surface area contributed by atoms with Crippen LogP contribution in [0.1, 0.15) is 34.2 Å². The van der Waals surface area contributed by atoms with Crippen molar-refractivity contribution in [2.75, 3.05) is 14.2 Å². The fraction of sp³-hybridized carbons (Fsp3) is 0.286. The zero-order valence-electron chi connectivity index (χ0n) is 14.9. The number of furan rings is 1. The smallest absolute Gasteiger partial charge is 0.253 e. The zero-order chi connectivity index (χ0) is 17.8. The first-order valence-corrected chi connectivity index (χ1v) is 8.46. The Hall–Kier alpha value is -2.59. The summed E-state index contributed by atoms with van der Waals surface area (Å²) in [5.74, 6) is 0.930. The Bertz CT molecular complexity index is 882. The molecule has 1 heterocycles. The van der Waals surface area contributed by atoms with Crippen LogP contribution in [0.2, 0.25) is 0 Å². The molecule has 0 aliphatic carbocycles. The lowest BCUT2D eigenvalue weighted by molar-refractivity contribution is 0.0784. The number of hydrogen-bond acceptors (Lipinski definition) is 3. The van der Waals surface area contributed by atoms with Crippen LogP contribution in [0.5, 0.6) is 0 Å². The van der Waals surface area contributed by atoms with Crippen LogP contribution in [0.25, 0.3) is 11.0 Å². The number of para-hydroxylation sites is 1. The summed E-state index contributed by atoms with van der Waals surface area (Å²) in [6.45, 7) is 3.09. The number of fused-ring (bicyclic) bond motifs is 1. The SMILES string of the molecule is CCc1oc2ccccc2c1CN(C)C(=O)c1cccc(COC)c1. The fourth-order valence-electron chi connectivity index (χ4n) is 3.10. The number of benzene rings is 2. The largest absolute Gasteiger partial charge is 0.461 e. The molecule has 1 aromatic heterocycles. The Kier molecular flexibility index (Phi) is 5.19. The van der Waals surface area contributed by atoms with E-state index in [1.54, 1.807) is 12.0 Å². The van der Waals surface area contributed by atoms with Gasteiger partial charge in [0.2, 0.25) is 0 Å². The van der Waals surface area contributed by atoms with Crippen LogP contribution in [0.4, 0.5) is 0 Å². The van der Waals surface area contributed by atoms with E-state index in [0.29, 0.717) is 18.7 Å². The second-order valence-corrected chi connectivity index (χ2v) is 6.15. The summed E-state index contributed by atoms with van der Waals surface area (Å²) in [6, 6.07) is 15.5. The number of ether oxygens (including phenoxy) is 1. The van der Waals surface area contributed by atoms with E-state index in [-0.39, 0.29) is 5.91 Å². The van der Waals surface area contributed by atoms with E-state index in [0.717, 1.165) is 34.3 Å². The number of nitrogens with zero attached hydrogens (tertiary/aromatic N) is 1. The number of carbonyl (C=O) groups is 1. The van der Waals surface area contributed by atoms with Gasteiger partial charge in [0.05, 0.1) is 6.61 Å². The van der Waals surface area contributed by atoms with E-state index >= 15 is 0 Å². The van der Waals surface area contributed by atoms with E-state index in [2.05, 4.69) is 6.92 Å². The topological polar surface area (TPSA) is 42.7 Å². The second-order valence-electron chi connectivity index (χ2n) is 6.15. The minimum Gasteiger partial charge on any atom is -0.461 e. The molecule has 0 spiro atoms. The molecule has 3 aromatic rings. The predicted molar refractivity (Wildman–Crippen MR) is 98.5 cm³/mol. The third-order valence-electron chi connectivity index (χ3n) is 4.33. The molecule has 4 nitrogen and oxygen atoms in total. The highest BCUT2D eigenvalue weighted by atomic mass is 16.5. The summed E-state index contributed by atoms with van der Waals surface area (Å²) < 4.78 is 11.1. The molecule has 2 aromatic carbocycles. The molecule has 0 radical (unpaired) electrons. The first kappa shape index (κ1) is 17.2. The average molecular weight is 337 g/mol. The summed E-state index contributed by atoms with van der Waals surface area (Å²) in [5.41, 5.74) is 3.62. The van der Waals surface area contributed by atoms with Crippen molar-refractivity contribution in [3.05, 3.63) is 71.0 Å². The van der Waals surface area contributed by atoms with Crippen LogP contribution in [0.3, 0.4) is 0 Å². The average Bonchev–Trinajstić information content (AvgIpc) is 2.99. The second kappa shape index (κ2) is 7.53.